The summed E-state index contributed by atoms with van der Waals surface area (Å²) < 4.78 is 5.08. The Morgan fingerprint density at radius 3 is 3.00 bits per heavy atom. The number of amides is 2. The van der Waals surface area contributed by atoms with E-state index in [-0.39, 0.29) is 18.9 Å². The summed E-state index contributed by atoms with van der Waals surface area (Å²) in [7, 11) is 0. The molecule has 0 radical (unpaired) electrons. The number of carbonyl (C=O) groups excluding carboxylic acids is 1. The predicted octanol–water partition coefficient (Wildman–Crippen LogP) is 0.789. The first kappa shape index (κ1) is 14.7. The molecule has 2 unspecified atom stereocenters. The van der Waals surface area contributed by atoms with Crippen LogP contribution in [0.3, 0.4) is 0 Å². The number of urea groups is 1. The molecule has 0 aliphatic carbocycles. The summed E-state index contributed by atoms with van der Waals surface area (Å²) in [5.74, 6) is -0.987. The topological polar surface area (TPSA) is 101 Å². The summed E-state index contributed by atoms with van der Waals surface area (Å²) >= 11 is 1.52. The number of nitrogens with one attached hydrogen (secondary N) is 2. The van der Waals surface area contributed by atoms with E-state index < -0.39 is 17.5 Å². The smallest absolute Gasteiger partial charge is 0.332 e. The van der Waals surface area contributed by atoms with Crippen molar-refractivity contribution in [3.63, 3.8) is 0 Å². The van der Waals surface area contributed by atoms with Crippen molar-refractivity contribution in [2.24, 2.45) is 0 Å². The monoisotopic (exact) mass is 299 g/mol. The van der Waals surface area contributed by atoms with Crippen LogP contribution >= 0.6 is 11.3 Å². The van der Waals surface area contributed by atoms with Crippen LogP contribution in [-0.4, -0.2) is 47.4 Å². The molecule has 3 N–H and O–H groups in total. The Kier molecular flexibility index (Phi) is 4.56. The Hall–Kier alpha value is -1.67. The van der Waals surface area contributed by atoms with E-state index in [1.807, 2.05) is 12.3 Å². The second kappa shape index (κ2) is 6.19. The number of aliphatic carboxylic acids is 1. The SMILES string of the molecule is CC(CNC(=O)NC1(C(=O)O)CCOC1)c1nccs1. The number of carboxylic acid groups (broad SMARTS) is 1. The molecule has 2 heterocycles. The van der Waals surface area contributed by atoms with Gasteiger partial charge >= 0.3 is 12.0 Å². The van der Waals surface area contributed by atoms with E-state index in [4.69, 9.17) is 4.74 Å². The number of hydrogen-bond donors (Lipinski definition) is 3. The van der Waals surface area contributed by atoms with Crippen LogP contribution in [-0.2, 0) is 9.53 Å². The molecule has 1 aromatic heterocycles. The molecule has 1 aliphatic rings. The second-order valence-electron chi connectivity index (χ2n) is 4.80. The van der Waals surface area contributed by atoms with Crippen molar-refractivity contribution in [3.05, 3.63) is 16.6 Å². The lowest BCUT2D eigenvalue weighted by Crippen LogP contribution is -2.58. The average Bonchev–Trinajstić information content (AvgIpc) is 3.07. The van der Waals surface area contributed by atoms with Crippen LogP contribution in [0.15, 0.2) is 11.6 Å². The van der Waals surface area contributed by atoms with Gasteiger partial charge in [-0.25, -0.2) is 14.6 Å². The first-order valence-electron chi connectivity index (χ1n) is 6.30. The summed E-state index contributed by atoms with van der Waals surface area (Å²) in [4.78, 5) is 27.2. The van der Waals surface area contributed by atoms with E-state index in [0.717, 1.165) is 5.01 Å². The van der Waals surface area contributed by atoms with Crippen LogP contribution < -0.4 is 10.6 Å². The van der Waals surface area contributed by atoms with E-state index >= 15 is 0 Å². The fourth-order valence-corrected chi connectivity index (χ4v) is 2.66. The summed E-state index contributed by atoms with van der Waals surface area (Å²) in [5, 5.41) is 17.2. The molecule has 0 aromatic carbocycles. The standard InChI is InChI=1S/C12H17N3O4S/c1-8(9-13-3-5-20-9)6-14-11(18)15-12(10(16)17)2-4-19-7-12/h3,5,8H,2,4,6-7H2,1H3,(H,16,17)(H2,14,15,18). The number of thiazole rings is 1. The van der Waals surface area contributed by atoms with Gasteiger partial charge in [-0.1, -0.05) is 6.92 Å². The molecule has 20 heavy (non-hydrogen) atoms. The minimum Gasteiger partial charge on any atom is -0.479 e. The number of ether oxygens (including phenoxy) is 1. The fourth-order valence-electron chi connectivity index (χ4n) is 1.96. The van der Waals surface area contributed by atoms with Crippen LogP contribution in [0.1, 0.15) is 24.3 Å². The zero-order chi connectivity index (χ0) is 14.6. The van der Waals surface area contributed by atoms with Gasteiger partial charge in [0.05, 0.1) is 11.6 Å². The Morgan fingerprint density at radius 1 is 1.65 bits per heavy atom. The van der Waals surface area contributed by atoms with E-state index in [1.54, 1.807) is 6.20 Å². The molecule has 7 nitrogen and oxygen atoms in total. The highest BCUT2D eigenvalue weighted by Gasteiger charge is 2.44. The van der Waals surface area contributed by atoms with Gasteiger partial charge in [0, 0.05) is 37.1 Å². The van der Waals surface area contributed by atoms with Gasteiger partial charge in [0.25, 0.3) is 0 Å². The third-order valence-corrected chi connectivity index (χ3v) is 4.23. The molecule has 1 aromatic rings. The fraction of sp³-hybridized carbons (Fsp3) is 0.583. The van der Waals surface area contributed by atoms with Crippen molar-refractivity contribution in [3.8, 4) is 0 Å². The van der Waals surface area contributed by atoms with Crippen LogP contribution in [0.4, 0.5) is 4.79 Å². The van der Waals surface area contributed by atoms with Crippen LogP contribution in [0.25, 0.3) is 0 Å². The highest BCUT2D eigenvalue weighted by atomic mass is 32.1. The number of carbonyl (C=O) groups is 2. The van der Waals surface area contributed by atoms with E-state index in [1.165, 1.54) is 11.3 Å². The van der Waals surface area contributed by atoms with Gasteiger partial charge in [-0.3, -0.25) is 0 Å². The molecule has 2 amide bonds. The van der Waals surface area contributed by atoms with Gasteiger partial charge in [0.1, 0.15) is 0 Å². The van der Waals surface area contributed by atoms with Gasteiger partial charge in [0.15, 0.2) is 5.54 Å². The highest BCUT2D eigenvalue weighted by Crippen LogP contribution is 2.19. The zero-order valence-electron chi connectivity index (χ0n) is 11.1. The molecular weight excluding hydrogens is 282 g/mol. The van der Waals surface area contributed by atoms with Crippen molar-refractivity contribution >= 4 is 23.3 Å². The Bertz CT molecular complexity index is 471. The quantitative estimate of drug-likeness (QED) is 0.746. The number of rotatable bonds is 5. The molecule has 0 bridgehead atoms. The third-order valence-electron chi connectivity index (χ3n) is 3.23. The summed E-state index contributed by atoms with van der Waals surface area (Å²) in [6.07, 6.45) is 1.99. The van der Waals surface area contributed by atoms with Gasteiger partial charge in [-0.05, 0) is 0 Å². The number of aromatic nitrogens is 1. The number of carboxylic acids is 1. The van der Waals surface area contributed by atoms with Gasteiger partial charge in [-0.2, -0.15) is 0 Å². The number of hydrogen-bond acceptors (Lipinski definition) is 5. The molecule has 0 spiro atoms. The van der Waals surface area contributed by atoms with Crippen molar-refractivity contribution in [2.75, 3.05) is 19.8 Å². The Balaban J connectivity index is 1.84. The molecule has 1 saturated heterocycles. The Morgan fingerprint density at radius 2 is 2.45 bits per heavy atom. The van der Waals surface area contributed by atoms with Crippen molar-refractivity contribution < 1.29 is 19.4 Å². The van der Waals surface area contributed by atoms with Crippen LogP contribution in [0.2, 0.25) is 0 Å². The third kappa shape index (κ3) is 3.26. The maximum absolute atomic E-state index is 11.8. The van der Waals surface area contributed by atoms with E-state index in [0.29, 0.717) is 13.2 Å². The molecule has 0 saturated carbocycles. The van der Waals surface area contributed by atoms with E-state index in [9.17, 15) is 14.7 Å². The lowest BCUT2D eigenvalue weighted by Gasteiger charge is -2.24. The molecule has 2 rings (SSSR count). The predicted molar refractivity (Wildman–Crippen MR) is 72.9 cm³/mol. The van der Waals surface area contributed by atoms with Crippen LogP contribution in [0, 0.1) is 0 Å². The lowest BCUT2D eigenvalue weighted by atomic mass is 9.99. The normalized spacial score (nSPS) is 23.2. The van der Waals surface area contributed by atoms with Crippen molar-refractivity contribution in [1.29, 1.82) is 0 Å². The van der Waals surface area contributed by atoms with Gasteiger partial charge in [0.2, 0.25) is 0 Å². The largest absolute Gasteiger partial charge is 0.479 e. The van der Waals surface area contributed by atoms with Gasteiger partial charge in [-0.15, -0.1) is 11.3 Å². The molecule has 110 valence electrons. The molecule has 1 aliphatic heterocycles. The first-order chi connectivity index (χ1) is 9.53. The first-order valence-corrected chi connectivity index (χ1v) is 7.18. The average molecular weight is 299 g/mol. The van der Waals surface area contributed by atoms with Gasteiger partial charge < -0.3 is 20.5 Å². The Labute approximate surface area is 120 Å². The van der Waals surface area contributed by atoms with Crippen LogP contribution in [0.5, 0.6) is 0 Å². The summed E-state index contributed by atoms with van der Waals surface area (Å²) in [6, 6.07) is -0.499. The maximum Gasteiger partial charge on any atom is 0.332 e. The molecule has 2 atom stereocenters. The summed E-state index contributed by atoms with van der Waals surface area (Å²) in [6.45, 7) is 2.68. The zero-order valence-corrected chi connectivity index (χ0v) is 11.9. The van der Waals surface area contributed by atoms with Crippen molar-refractivity contribution in [1.82, 2.24) is 15.6 Å². The van der Waals surface area contributed by atoms with Crippen molar-refractivity contribution in [2.45, 2.75) is 24.8 Å². The van der Waals surface area contributed by atoms with E-state index in [2.05, 4.69) is 15.6 Å². The lowest BCUT2D eigenvalue weighted by molar-refractivity contribution is -0.144. The molecule has 8 heteroatoms. The minimum atomic E-state index is -1.31. The maximum atomic E-state index is 11.8. The minimum absolute atomic E-state index is 0.00220. The molecular formula is C12H17N3O4S. The summed E-state index contributed by atoms with van der Waals surface area (Å²) in [5.41, 5.74) is -1.31. The molecule has 1 fully saturated rings. The second-order valence-corrected chi connectivity index (χ2v) is 5.72. The highest BCUT2D eigenvalue weighted by molar-refractivity contribution is 7.09. The number of nitrogens with zero attached hydrogens (tertiary/aromatic N) is 1.